The summed E-state index contributed by atoms with van der Waals surface area (Å²) in [5.74, 6) is 0.430. The van der Waals surface area contributed by atoms with Crippen molar-refractivity contribution in [3.8, 4) is 11.3 Å². The van der Waals surface area contributed by atoms with Crippen molar-refractivity contribution >= 4 is 23.3 Å². The maximum absolute atomic E-state index is 12.2. The average molecular weight is 318 g/mol. The van der Waals surface area contributed by atoms with Crippen molar-refractivity contribution in [3.63, 3.8) is 0 Å². The molecule has 3 heterocycles. The molecule has 0 spiro atoms. The number of carbonyl (C=O) groups is 1. The highest BCUT2D eigenvalue weighted by atomic mass is 35.5. The Hall–Kier alpha value is -2.05. The number of hydrogen-bond donors (Lipinski definition) is 2. The molecule has 22 heavy (non-hydrogen) atoms. The fraction of sp³-hybridized carbons (Fsp3) is 0.333. The molecule has 1 aliphatic rings. The molecule has 0 radical (unpaired) electrons. The number of rotatable bonds is 3. The van der Waals surface area contributed by atoms with Crippen LogP contribution in [0.1, 0.15) is 12.8 Å². The second kappa shape index (κ2) is 6.81. The first-order chi connectivity index (χ1) is 10.7. The highest BCUT2D eigenvalue weighted by Gasteiger charge is 2.21. The normalized spacial score (nSPS) is 18.0. The van der Waals surface area contributed by atoms with Crippen LogP contribution in [0.3, 0.4) is 0 Å². The third-order valence-electron chi connectivity index (χ3n) is 3.61. The first-order valence-corrected chi connectivity index (χ1v) is 7.55. The Morgan fingerprint density at radius 3 is 2.95 bits per heavy atom. The maximum Gasteiger partial charge on any atom is 0.229 e. The van der Waals surface area contributed by atoms with Crippen molar-refractivity contribution in [2.45, 2.75) is 12.8 Å². The van der Waals surface area contributed by atoms with Gasteiger partial charge in [0.15, 0.2) is 0 Å². The Kier molecular flexibility index (Phi) is 4.60. The second-order valence-electron chi connectivity index (χ2n) is 5.17. The topological polar surface area (TPSA) is 79.8 Å². The van der Waals surface area contributed by atoms with Gasteiger partial charge < -0.3 is 10.6 Å². The summed E-state index contributed by atoms with van der Waals surface area (Å²) < 4.78 is 0. The number of hydrogen-bond acceptors (Lipinski definition) is 5. The summed E-state index contributed by atoms with van der Waals surface area (Å²) in [4.78, 5) is 24.7. The Labute approximate surface area is 133 Å². The lowest BCUT2D eigenvalue weighted by atomic mass is 9.99. The highest BCUT2D eigenvalue weighted by molar-refractivity contribution is 6.33. The van der Waals surface area contributed by atoms with Crippen LogP contribution in [0.5, 0.6) is 0 Å². The van der Waals surface area contributed by atoms with E-state index in [-0.39, 0.29) is 11.8 Å². The molecule has 0 aliphatic carbocycles. The van der Waals surface area contributed by atoms with Crippen molar-refractivity contribution in [1.29, 1.82) is 0 Å². The Morgan fingerprint density at radius 1 is 1.32 bits per heavy atom. The average Bonchev–Trinajstić information content (AvgIpc) is 2.58. The highest BCUT2D eigenvalue weighted by Crippen LogP contribution is 2.27. The van der Waals surface area contributed by atoms with E-state index >= 15 is 0 Å². The summed E-state index contributed by atoms with van der Waals surface area (Å²) in [5, 5.41) is 6.55. The van der Waals surface area contributed by atoms with E-state index in [0.29, 0.717) is 28.6 Å². The number of piperidine rings is 1. The van der Waals surface area contributed by atoms with Crippen molar-refractivity contribution in [1.82, 2.24) is 20.3 Å². The van der Waals surface area contributed by atoms with E-state index in [9.17, 15) is 4.79 Å². The van der Waals surface area contributed by atoms with Crippen LogP contribution in [0, 0.1) is 5.92 Å². The monoisotopic (exact) mass is 317 g/mol. The first kappa shape index (κ1) is 14.9. The lowest BCUT2D eigenvalue weighted by Gasteiger charge is -2.21. The molecule has 0 bridgehead atoms. The van der Waals surface area contributed by atoms with Crippen LogP contribution >= 0.6 is 11.6 Å². The van der Waals surface area contributed by atoms with E-state index < -0.39 is 0 Å². The van der Waals surface area contributed by atoms with Gasteiger partial charge in [0, 0.05) is 30.7 Å². The van der Waals surface area contributed by atoms with Crippen LogP contribution in [0.25, 0.3) is 11.3 Å². The van der Waals surface area contributed by atoms with Gasteiger partial charge in [-0.3, -0.25) is 14.8 Å². The molecule has 1 atom stereocenters. The summed E-state index contributed by atoms with van der Waals surface area (Å²) >= 11 is 6.16. The van der Waals surface area contributed by atoms with Gasteiger partial charge in [-0.15, -0.1) is 0 Å². The molecule has 114 valence electrons. The Balaban J connectivity index is 1.79. The number of pyridine rings is 1. The molecule has 6 nitrogen and oxygen atoms in total. The molecule has 2 aromatic rings. The SMILES string of the molecule is O=C(Nc1cc(-c2cnccn2)c(Cl)cn1)C1CCCNC1. The van der Waals surface area contributed by atoms with Crippen molar-refractivity contribution in [2.75, 3.05) is 18.4 Å². The van der Waals surface area contributed by atoms with Crippen LogP contribution in [-0.4, -0.2) is 33.9 Å². The van der Waals surface area contributed by atoms with Crippen molar-refractivity contribution in [2.24, 2.45) is 5.92 Å². The van der Waals surface area contributed by atoms with Crippen molar-refractivity contribution in [3.05, 3.63) is 35.9 Å². The van der Waals surface area contributed by atoms with E-state index in [2.05, 4.69) is 25.6 Å². The molecule has 1 saturated heterocycles. The summed E-state index contributed by atoms with van der Waals surface area (Å²) in [6.07, 6.45) is 8.23. The van der Waals surface area contributed by atoms with Gasteiger partial charge in [0.1, 0.15) is 5.82 Å². The zero-order valence-electron chi connectivity index (χ0n) is 11.9. The number of nitrogens with zero attached hydrogens (tertiary/aromatic N) is 3. The molecule has 0 aromatic carbocycles. The minimum Gasteiger partial charge on any atom is -0.316 e. The molecule has 1 unspecified atom stereocenters. The number of anilines is 1. The van der Waals surface area contributed by atoms with E-state index in [1.807, 2.05) is 0 Å². The second-order valence-corrected chi connectivity index (χ2v) is 5.58. The number of aromatic nitrogens is 3. The maximum atomic E-state index is 12.2. The van der Waals surface area contributed by atoms with Gasteiger partial charge in [-0.1, -0.05) is 11.6 Å². The Bertz CT molecular complexity index is 658. The summed E-state index contributed by atoms with van der Waals surface area (Å²) in [5.41, 5.74) is 1.34. The minimum absolute atomic E-state index is 0.0212. The van der Waals surface area contributed by atoms with Gasteiger partial charge in [0.05, 0.1) is 22.8 Å². The minimum atomic E-state index is -0.0220. The molecular formula is C15H16ClN5O. The summed E-state index contributed by atoms with van der Waals surface area (Å²) in [6, 6.07) is 1.72. The number of carbonyl (C=O) groups excluding carboxylic acids is 1. The van der Waals surface area contributed by atoms with E-state index in [1.54, 1.807) is 24.7 Å². The summed E-state index contributed by atoms with van der Waals surface area (Å²) in [7, 11) is 0. The fourth-order valence-corrected chi connectivity index (χ4v) is 2.65. The lowest BCUT2D eigenvalue weighted by molar-refractivity contribution is -0.120. The molecule has 7 heteroatoms. The molecular weight excluding hydrogens is 302 g/mol. The van der Waals surface area contributed by atoms with E-state index in [1.165, 1.54) is 6.20 Å². The standard InChI is InChI=1S/C15H16ClN5O/c16-12-8-20-14(6-11(12)13-9-18-4-5-19-13)21-15(22)10-2-1-3-17-7-10/h4-6,8-10,17H,1-3,7H2,(H,20,21,22). The van der Waals surface area contributed by atoms with Crippen LogP contribution in [0.15, 0.2) is 30.9 Å². The van der Waals surface area contributed by atoms with Crippen LogP contribution in [-0.2, 0) is 4.79 Å². The molecule has 0 saturated carbocycles. The third kappa shape index (κ3) is 3.40. The fourth-order valence-electron chi connectivity index (χ4n) is 2.45. The van der Waals surface area contributed by atoms with Gasteiger partial charge in [-0.05, 0) is 25.5 Å². The largest absolute Gasteiger partial charge is 0.316 e. The van der Waals surface area contributed by atoms with E-state index in [4.69, 9.17) is 11.6 Å². The molecule has 1 amide bonds. The Morgan fingerprint density at radius 2 is 2.23 bits per heavy atom. The third-order valence-corrected chi connectivity index (χ3v) is 3.91. The van der Waals surface area contributed by atoms with Crippen LogP contribution in [0.2, 0.25) is 5.02 Å². The molecule has 1 aliphatic heterocycles. The predicted octanol–water partition coefficient (Wildman–Crippen LogP) is 2.13. The quantitative estimate of drug-likeness (QED) is 0.906. The zero-order valence-corrected chi connectivity index (χ0v) is 12.7. The van der Waals surface area contributed by atoms with Gasteiger partial charge in [0.2, 0.25) is 5.91 Å². The molecule has 2 N–H and O–H groups in total. The van der Waals surface area contributed by atoms with E-state index in [0.717, 1.165) is 19.4 Å². The summed E-state index contributed by atoms with van der Waals surface area (Å²) in [6.45, 7) is 1.68. The smallest absolute Gasteiger partial charge is 0.229 e. The number of halogens is 1. The lowest BCUT2D eigenvalue weighted by Crippen LogP contribution is -2.37. The molecule has 2 aromatic heterocycles. The molecule has 3 rings (SSSR count). The number of nitrogens with one attached hydrogen (secondary N) is 2. The first-order valence-electron chi connectivity index (χ1n) is 7.17. The zero-order chi connectivity index (χ0) is 15.4. The molecule has 1 fully saturated rings. The van der Waals surface area contributed by atoms with Gasteiger partial charge >= 0.3 is 0 Å². The van der Waals surface area contributed by atoms with Gasteiger partial charge in [-0.2, -0.15) is 0 Å². The van der Waals surface area contributed by atoms with Crippen molar-refractivity contribution < 1.29 is 4.79 Å². The van der Waals surface area contributed by atoms with Crippen LogP contribution < -0.4 is 10.6 Å². The van der Waals surface area contributed by atoms with Gasteiger partial charge in [-0.25, -0.2) is 4.98 Å². The van der Waals surface area contributed by atoms with Gasteiger partial charge in [0.25, 0.3) is 0 Å². The van der Waals surface area contributed by atoms with Crippen LogP contribution in [0.4, 0.5) is 5.82 Å². The predicted molar refractivity (Wildman–Crippen MR) is 84.5 cm³/mol. The number of amides is 1.